The first kappa shape index (κ1) is 7.92. The Hall–Kier alpha value is -1.19. The highest BCUT2D eigenvalue weighted by Crippen LogP contribution is 2.23. The van der Waals surface area contributed by atoms with Crippen LogP contribution in [0.1, 0.15) is 0 Å². The lowest BCUT2D eigenvalue weighted by Crippen LogP contribution is -2.07. The van der Waals surface area contributed by atoms with Gasteiger partial charge >= 0.3 is 0 Å². The number of hydrogen-bond donors (Lipinski definition) is 1. The molecule has 0 unspecified atom stereocenters. The summed E-state index contributed by atoms with van der Waals surface area (Å²) in [4.78, 5) is 0. The van der Waals surface area contributed by atoms with Crippen LogP contribution in [0.5, 0.6) is 11.5 Å². The number of phenolic OH excluding ortho intramolecular Hbond substituents is 1. The highest BCUT2D eigenvalue weighted by Gasteiger charge is 2.04. The fourth-order valence-corrected chi connectivity index (χ4v) is 0.812. The number of benzene rings is 1. The van der Waals surface area contributed by atoms with Gasteiger partial charge in [0.1, 0.15) is 13.7 Å². The molecule has 0 fully saturated rings. The number of rotatable bonds is 1. The average Bonchev–Trinajstić information content (AvgIpc) is 1.97. The Balaban J connectivity index is 3.21. The Labute approximate surface area is 65.0 Å². The first-order valence-corrected chi connectivity index (χ1v) is 3.18. The molecule has 1 aromatic carbocycles. The molecule has 4 heteroatoms. The summed E-state index contributed by atoms with van der Waals surface area (Å²) in [5.74, 6) is -0.251. The molecule has 1 N–H and O–H groups in total. The number of ether oxygens (including phenoxy) is 1. The van der Waals surface area contributed by atoms with E-state index in [1.807, 2.05) is 0 Å². The van der Waals surface area contributed by atoms with Crippen LogP contribution in [0.4, 0.5) is 4.39 Å². The third-order valence-corrected chi connectivity index (χ3v) is 1.46. The molecular weight excluding hydrogens is 146 g/mol. The molecule has 0 aromatic heterocycles. The van der Waals surface area contributed by atoms with E-state index < -0.39 is 0 Å². The number of phenols is 1. The summed E-state index contributed by atoms with van der Waals surface area (Å²) in [5, 5.41) is 9.12. The molecule has 11 heavy (non-hydrogen) atoms. The second-order valence-electron chi connectivity index (χ2n) is 2.27. The molecular formula is C7H8BFO2. The quantitative estimate of drug-likeness (QED) is 0.567. The summed E-state index contributed by atoms with van der Waals surface area (Å²) in [6.07, 6.45) is 0. The van der Waals surface area contributed by atoms with E-state index in [-0.39, 0.29) is 17.3 Å². The van der Waals surface area contributed by atoms with Crippen LogP contribution >= 0.6 is 0 Å². The zero-order valence-corrected chi connectivity index (χ0v) is 6.39. The minimum Gasteiger partial charge on any atom is -0.504 e. The molecule has 1 rings (SSSR count). The van der Waals surface area contributed by atoms with Crippen molar-refractivity contribution in [1.29, 1.82) is 0 Å². The largest absolute Gasteiger partial charge is 0.504 e. The van der Waals surface area contributed by atoms with Crippen molar-refractivity contribution in [3.63, 3.8) is 0 Å². The van der Waals surface area contributed by atoms with E-state index in [2.05, 4.69) is 0 Å². The summed E-state index contributed by atoms with van der Waals surface area (Å²) in [7, 11) is 2.96. The van der Waals surface area contributed by atoms with Gasteiger partial charge in [-0.2, -0.15) is 0 Å². The fraction of sp³-hybridized carbons (Fsp3) is 0.143. The summed E-state index contributed by atoms with van der Waals surface area (Å²) in [6.45, 7) is 0. The Morgan fingerprint density at radius 3 is 2.73 bits per heavy atom. The van der Waals surface area contributed by atoms with E-state index in [1.165, 1.54) is 13.2 Å². The van der Waals surface area contributed by atoms with Crippen molar-refractivity contribution in [3.8, 4) is 11.5 Å². The van der Waals surface area contributed by atoms with Gasteiger partial charge in [0.05, 0.1) is 7.11 Å². The van der Waals surface area contributed by atoms with Gasteiger partial charge in [0.2, 0.25) is 0 Å². The zero-order valence-electron chi connectivity index (χ0n) is 6.39. The molecule has 0 radical (unpaired) electrons. The van der Waals surface area contributed by atoms with Gasteiger partial charge in [-0.1, -0.05) is 5.46 Å². The third-order valence-electron chi connectivity index (χ3n) is 1.46. The second kappa shape index (κ2) is 2.82. The maximum atomic E-state index is 12.8. The van der Waals surface area contributed by atoms with Crippen LogP contribution in [0.25, 0.3) is 0 Å². The predicted octanol–water partition coefficient (Wildman–Crippen LogP) is -0.202. The predicted molar refractivity (Wildman–Crippen MR) is 42.8 cm³/mol. The lowest BCUT2D eigenvalue weighted by molar-refractivity contribution is 0.371. The van der Waals surface area contributed by atoms with E-state index in [9.17, 15) is 4.39 Å². The van der Waals surface area contributed by atoms with Gasteiger partial charge < -0.3 is 9.84 Å². The summed E-state index contributed by atoms with van der Waals surface area (Å²) in [6, 6.07) is 2.48. The highest BCUT2D eigenvalue weighted by atomic mass is 19.1. The number of hydrogen-bond acceptors (Lipinski definition) is 2. The van der Waals surface area contributed by atoms with E-state index in [0.29, 0.717) is 5.46 Å². The van der Waals surface area contributed by atoms with Crippen molar-refractivity contribution >= 4 is 13.3 Å². The molecule has 58 valence electrons. The van der Waals surface area contributed by atoms with Crippen LogP contribution in [0.2, 0.25) is 0 Å². The monoisotopic (exact) mass is 154 g/mol. The Morgan fingerprint density at radius 1 is 1.55 bits per heavy atom. The van der Waals surface area contributed by atoms with Gasteiger partial charge in [-0.25, -0.2) is 4.39 Å². The summed E-state index contributed by atoms with van der Waals surface area (Å²) >= 11 is 0. The Morgan fingerprint density at radius 2 is 2.18 bits per heavy atom. The smallest absolute Gasteiger partial charge is 0.163 e. The zero-order chi connectivity index (χ0) is 8.43. The van der Waals surface area contributed by atoms with Crippen LogP contribution in [0, 0.1) is 5.82 Å². The van der Waals surface area contributed by atoms with Crippen LogP contribution < -0.4 is 10.2 Å². The number of methoxy groups -OCH3 is 1. The third kappa shape index (κ3) is 1.45. The minimum absolute atomic E-state index is 0.0357. The average molecular weight is 154 g/mol. The fourth-order valence-electron chi connectivity index (χ4n) is 0.812. The van der Waals surface area contributed by atoms with E-state index >= 15 is 0 Å². The molecule has 1 aromatic rings. The maximum Gasteiger partial charge on any atom is 0.163 e. The molecule has 0 spiro atoms. The van der Waals surface area contributed by atoms with Crippen molar-refractivity contribution < 1.29 is 14.2 Å². The van der Waals surface area contributed by atoms with Gasteiger partial charge in [-0.3, -0.25) is 0 Å². The van der Waals surface area contributed by atoms with Gasteiger partial charge in [0.25, 0.3) is 0 Å². The molecule has 0 atom stereocenters. The standard InChI is InChI=1S/C7H8BFO2/c1-11-7-3-5(9)4(8)2-6(7)10/h2-3,10H,8H2,1H3. The molecule has 0 bridgehead atoms. The van der Waals surface area contributed by atoms with Gasteiger partial charge in [-0.15, -0.1) is 0 Å². The molecule has 0 heterocycles. The first-order chi connectivity index (χ1) is 5.15. The normalized spacial score (nSPS) is 9.64. The van der Waals surface area contributed by atoms with E-state index in [4.69, 9.17) is 9.84 Å². The molecule has 0 saturated carbocycles. The van der Waals surface area contributed by atoms with Gasteiger partial charge in [0, 0.05) is 6.07 Å². The SMILES string of the molecule is Bc1cc(O)c(OC)cc1F. The van der Waals surface area contributed by atoms with Crippen molar-refractivity contribution in [3.05, 3.63) is 17.9 Å². The highest BCUT2D eigenvalue weighted by molar-refractivity contribution is 6.32. The van der Waals surface area contributed by atoms with Crippen molar-refractivity contribution in [2.24, 2.45) is 0 Å². The Bertz CT molecular complexity index is 275. The van der Waals surface area contributed by atoms with Crippen LogP contribution in [0.3, 0.4) is 0 Å². The molecule has 0 aliphatic carbocycles. The molecule has 2 nitrogen and oxygen atoms in total. The van der Waals surface area contributed by atoms with Crippen molar-refractivity contribution in [2.45, 2.75) is 0 Å². The molecule has 0 saturated heterocycles. The minimum atomic E-state index is -0.375. The van der Waals surface area contributed by atoms with Crippen molar-refractivity contribution in [2.75, 3.05) is 7.11 Å². The van der Waals surface area contributed by atoms with Gasteiger partial charge in [0.15, 0.2) is 11.5 Å². The lowest BCUT2D eigenvalue weighted by atomic mass is 9.95. The Kier molecular flexibility index (Phi) is 2.03. The second-order valence-corrected chi connectivity index (χ2v) is 2.27. The van der Waals surface area contributed by atoms with Crippen LogP contribution in [0.15, 0.2) is 12.1 Å². The first-order valence-electron chi connectivity index (χ1n) is 3.18. The topological polar surface area (TPSA) is 29.5 Å². The van der Waals surface area contributed by atoms with Crippen LogP contribution in [-0.4, -0.2) is 20.1 Å². The summed E-state index contributed by atoms with van der Waals surface area (Å²) < 4.78 is 17.4. The maximum absolute atomic E-state index is 12.8. The number of halogens is 1. The van der Waals surface area contributed by atoms with Crippen LogP contribution in [-0.2, 0) is 0 Å². The molecule has 0 aliphatic heterocycles. The summed E-state index contributed by atoms with van der Waals surface area (Å²) in [5.41, 5.74) is 0.406. The van der Waals surface area contributed by atoms with E-state index in [0.717, 1.165) is 6.07 Å². The number of aromatic hydroxyl groups is 1. The van der Waals surface area contributed by atoms with Crippen molar-refractivity contribution in [1.82, 2.24) is 0 Å². The lowest BCUT2D eigenvalue weighted by Gasteiger charge is -2.04. The molecule has 0 amide bonds. The van der Waals surface area contributed by atoms with E-state index in [1.54, 1.807) is 7.85 Å². The molecule has 0 aliphatic rings. The van der Waals surface area contributed by atoms with Gasteiger partial charge in [-0.05, 0) is 6.07 Å².